The fraction of sp³-hybridized carbons (Fsp3) is 0.864. The molecule has 0 rings (SSSR count). The van der Waals surface area contributed by atoms with Gasteiger partial charge in [0.2, 0.25) is 5.96 Å². The van der Waals surface area contributed by atoms with Crippen LogP contribution in [0.4, 0.5) is 9.59 Å². The van der Waals surface area contributed by atoms with Gasteiger partial charge in [0.1, 0.15) is 11.2 Å². The molecular weight excluding hydrogens is 481 g/mol. The summed E-state index contributed by atoms with van der Waals surface area (Å²) in [6.07, 6.45) is 1.98. The highest BCUT2D eigenvalue weighted by Gasteiger charge is 2.26. The number of hydrogen-bond acceptors (Lipinski definition) is 10. The summed E-state index contributed by atoms with van der Waals surface area (Å²) >= 11 is 0. The number of nitrogens with one attached hydrogen (secondary N) is 2. The van der Waals surface area contributed by atoms with Gasteiger partial charge in [-0.15, -0.1) is 0 Å². The average Bonchev–Trinajstić information content (AvgIpc) is 2.69. The van der Waals surface area contributed by atoms with E-state index in [1.165, 1.54) is 0 Å². The van der Waals surface area contributed by atoms with Crippen LogP contribution in [0.2, 0.25) is 0 Å². The lowest BCUT2D eigenvalue weighted by Crippen LogP contribution is -2.47. The summed E-state index contributed by atoms with van der Waals surface area (Å²) in [4.78, 5) is 28.4. The number of hydrogen-bond donors (Lipinski definition) is 3. The van der Waals surface area contributed by atoms with Crippen molar-refractivity contribution in [3.63, 3.8) is 0 Å². The van der Waals surface area contributed by atoms with Gasteiger partial charge in [0.05, 0.1) is 26.4 Å². The molecule has 1 atom stereocenters. The Kier molecular flexibility index (Phi) is 16.0. The maximum atomic E-state index is 12.4. The first-order chi connectivity index (χ1) is 16.2. The van der Waals surface area contributed by atoms with E-state index in [9.17, 15) is 14.2 Å². The Bertz CT molecular complexity index is 659. The van der Waals surface area contributed by atoms with Crippen molar-refractivity contribution in [2.45, 2.75) is 91.8 Å². The molecule has 0 aromatic rings. The second kappa shape index (κ2) is 16.9. The predicted molar refractivity (Wildman–Crippen MR) is 132 cm³/mol. The molecule has 12 nitrogen and oxygen atoms in total. The topological polar surface area (TPSA) is 154 Å². The van der Waals surface area contributed by atoms with Crippen molar-refractivity contribution < 1.29 is 42.3 Å². The highest BCUT2D eigenvalue weighted by Crippen LogP contribution is 2.49. The molecule has 0 saturated heterocycles. The van der Waals surface area contributed by atoms with Gasteiger partial charge < -0.3 is 14.6 Å². The van der Waals surface area contributed by atoms with Crippen molar-refractivity contribution in [3.8, 4) is 0 Å². The third-order valence-electron chi connectivity index (χ3n) is 3.60. The summed E-state index contributed by atoms with van der Waals surface area (Å²) in [5, 5.41) is 13.7. The number of carbonyl (C=O) groups is 2. The fourth-order valence-electron chi connectivity index (χ4n) is 2.31. The highest BCUT2D eigenvalue weighted by atomic mass is 31.2. The Morgan fingerprint density at radius 1 is 0.800 bits per heavy atom. The van der Waals surface area contributed by atoms with E-state index in [0.29, 0.717) is 25.8 Å². The number of aliphatic hydroxyl groups is 1. The summed E-state index contributed by atoms with van der Waals surface area (Å²) in [5.74, 6) is -0.0631. The number of ether oxygens (including phenoxy) is 2. The van der Waals surface area contributed by atoms with E-state index in [4.69, 9.17) is 28.2 Å². The van der Waals surface area contributed by atoms with Gasteiger partial charge in [0.25, 0.3) is 0 Å². The Morgan fingerprint density at radius 2 is 1.29 bits per heavy atom. The van der Waals surface area contributed by atoms with Gasteiger partial charge in [0, 0.05) is 6.54 Å². The summed E-state index contributed by atoms with van der Waals surface area (Å²) in [5.41, 5.74) is -1.42. The summed E-state index contributed by atoms with van der Waals surface area (Å²) in [7, 11) is -3.67. The fourth-order valence-corrected chi connectivity index (χ4v) is 3.60. The zero-order valence-electron chi connectivity index (χ0n) is 22.2. The van der Waals surface area contributed by atoms with Gasteiger partial charge in [-0.1, -0.05) is 19.8 Å². The van der Waals surface area contributed by atoms with Crippen LogP contribution in [0.1, 0.15) is 80.6 Å². The molecule has 3 N–H and O–H groups in total. The molecule has 0 aromatic heterocycles. The number of phosphoric ester groups is 1. The van der Waals surface area contributed by atoms with Crippen LogP contribution in [-0.4, -0.2) is 67.4 Å². The van der Waals surface area contributed by atoms with Crippen molar-refractivity contribution >= 4 is 26.0 Å². The van der Waals surface area contributed by atoms with Crippen LogP contribution in [0.25, 0.3) is 0 Å². The van der Waals surface area contributed by atoms with Crippen molar-refractivity contribution in [3.05, 3.63) is 0 Å². The van der Waals surface area contributed by atoms with Crippen molar-refractivity contribution in [1.82, 2.24) is 10.6 Å². The van der Waals surface area contributed by atoms with E-state index >= 15 is 0 Å². The molecular formula is C22H44N3O9P. The summed E-state index contributed by atoms with van der Waals surface area (Å²) in [6, 6.07) is 0. The molecule has 0 aliphatic carbocycles. The molecule has 0 saturated carbocycles. The molecule has 0 aromatic carbocycles. The Morgan fingerprint density at radius 3 is 1.77 bits per heavy atom. The van der Waals surface area contributed by atoms with E-state index in [0.717, 1.165) is 12.8 Å². The minimum absolute atomic E-state index is 0.0631. The molecule has 1 unspecified atom stereocenters. The normalized spacial score (nSPS) is 13.5. The van der Waals surface area contributed by atoms with Gasteiger partial charge >= 0.3 is 20.0 Å². The minimum Gasteiger partial charge on any atom is -0.444 e. The first-order valence-electron chi connectivity index (χ1n) is 11.9. The van der Waals surface area contributed by atoms with E-state index in [1.54, 1.807) is 41.5 Å². The van der Waals surface area contributed by atoms with Crippen LogP contribution in [0.3, 0.4) is 0 Å². The lowest BCUT2D eigenvalue weighted by atomic mass is 10.2. The lowest BCUT2D eigenvalue weighted by molar-refractivity contribution is 0.0544. The Labute approximate surface area is 209 Å². The molecule has 0 spiro atoms. The molecule has 0 heterocycles. The van der Waals surface area contributed by atoms with E-state index in [1.807, 2.05) is 6.92 Å². The number of alkyl carbamates (subject to hydrolysis) is 2. The predicted octanol–water partition coefficient (Wildman–Crippen LogP) is 4.51. The number of aliphatic imine (C=N–C) groups is 1. The van der Waals surface area contributed by atoms with Crippen molar-refractivity contribution in [1.29, 1.82) is 0 Å². The minimum atomic E-state index is -3.67. The van der Waals surface area contributed by atoms with Gasteiger partial charge in [-0.3, -0.25) is 29.2 Å². The third-order valence-corrected chi connectivity index (χ3v) is 5.10. The third kappa shape index (κ3) is 20.2. The zero-order chi connectivity index (χ0) is 27.0. The Balaban J connectivity index is 4.60. The number of guanidine groups is 1. The number of carbonyl (C=O) groups excluding carboxylic acids is 2. The Hall–Kier alpha value is -1.72. The average molecular weight is 526 g/mol. The molecule has 0 radical (unpaired) electrons. The number of rotatable bonds is 14. The van der Waals surface area contributed by atoms with Crippen molar-refractivity contribution in [2.24, 2.45) is 4.99 Å². The molecule has 2 amide bonds. The van der Waals surface area contributed by atoms with Gasteiger partial charge in [-0.2, -0.15) is 0 Å². The number of phosphoric acid groups is 1. The van der Waals surface area contributed by atoms with Crippen LogP contribution in [0.15, 0.2) is 4.99 Å². The van der Waals surface area contributed by atoms with Crippen LogP contribution >= 0.6 is 7.82 Å². The highest BCUT2D eigenvalue weighted by molar-refractivity contribution is 7.48. The molecule has 206 valence electrons. The second-order valence-corrected chi connectivity index (χ2v) is 11.2. The standard InChI is InChI=1S/C22H44N3O9P/c1-8-15-30-35(29,32-17-14-26)31-16-12-10-9-11-13-23-18(24-19(27)33-21(2,3)4)25-20(28)34-22(5,6)7/h26H,8-17H2,1-7H3,(H2,23,24,25,27,28). The zero-order valence-corrected chi connectivity index (χ0v) is 23.1. The van der Waals surface area contributed by atoms with Gasteiger partial charge in [-0.05, 0) is 60.8 Å². The molecule has 0 aliphatic rings. The summed E-state index contributed by atoms with van der Waals surface area (Å²) in [6.45, 7) is 12.6. The van der Waals surface area contributed by atoms with E-state index < -0.39 is 31.2 Å². The second-order valence-electron chi connectivity index (χ2n) is 9.57. The monoisotopic (exact) mass is 525 g/mol. The van der Waals surface area contributed by atoms with Crippen molar-refractivity contribution in [2.75, 3.05) is 33.0 Å². The number of unbranched alkanes of at least 4 members (excludes halogenated alkanes) is 3. The number of nitrogens with zero attached hydrogens (tertiary/aromatic N) is 1. The van der Waals surface area contributed by atoms with Gasteiger partial charge in [-0.25, -0.2) is 14.2 Å². The molecule has 0 bridgehead atoms. The summed E-state index contributed by atoms with van der Waals surface area (Å²) < 4.78 is 38.3. The smallest absolute Gasteiger partial charge is 0.444 e. The molecule has 13 heteroatoms. The van der Waals surface area contributed by atoms with E-state index in [-0.39, 0.29) is 32.4 Å². The molecule has 35 heavy (non-hydrogen) atoms. The largest absolute Gasteiger partial charge is 0.474 e. The van der Waals surface area contributed by atoms with Crippen LogP contribution in [-0.2, 0) is 27.6 Å². The SMILES string of the molecule is CCCOP(=O)(OCCO)OCCCCCCN=C(NC(=O)OC(C)(C)C)NC(=O)OC(C)(C)C. The van der Waals surface area contributed by atoms with Crippen LogP contribution < -0.4 is 10.6 Å². The maximum Gasteiger partial charge on any atom is 0.474 e. The molecule has 0 aliphatic heterocycles. The van der Waals surface area contributed by atoms with E-state index in [2.05, 4.69) is 15.6 Å². The van der Waals surface area contributed by atoms with Gasteiger partial charge in [0.15, 0.2) is 0 Å². The van der Waals surface area contributed by atoms with Crippen LogP contribution in [0.5, 0.6) is 0 Å². The van der Waals surface area contributed by atoms with Crippen LogP contribution in [0, 0.1) is 0 Å². The first kappa shape index (κ1) is 33.3. The number of amides is 2. The first-order valence-corrected chi connectivity index (χ1v) is 13.3. The molecule has 0 fully saturated rings. The number of aliphatic hydroxyl groups excluding tert-OH is 1. The lowest BCUT2D eigenvalue weighted by Gasteiger charge is -2.22. The maximum absolute atomic E-state index is 12.4. The quantitative estimate of drug-likeness (QED) is 0.129.